The fourth-order valence-corrected chi connectivity index (χ4v) is 2.86. The highest BCUT2D eigenvalue weighted by Crippen LogP contribution is 2.24. The van der Waals surface area contributed by atoms with Gasteiger partial charge < -0.3 is 14.7 Å². The normalized spacial score (nSPS) is 17.0. The van der Waals surface area contributed by atoms with Crippen LogP contribution in [0.3, 0.4) is 0 Å². The lowest BCUT2D eigenvalue weighted by atomic mass is 10.1. The molecule has 0 amide bonds. The number of thiocarbonyl (C=S) groups is 1. The summed E-state index contributed by atoms with van der Waals surface area (Å²) in [5.41, 5.74) is 3.78. The van der Waals surface area contributed by atoms with E-state index in [4.69, 9.17) is 12.2 Å². The molecule has 1 aliphatic heterocycles. The van der Waals surface area contributed by atoms with Crippen LogP contribution in [0.25, 0.3) is 0 Å². The molecule has 1 aromatic rings. The summed E-state index contributed by atoms with van der Waals surface area (Å²) in [4.78, 5) is 9.03. The zero-order chi connectivity index (χ0) is 15.6. The Labute approximate surface area is 133 Å². The molecule has 0 bridgehead atoms. The third kappa shape index (κ3) is 3.93. The average Bonchev–Trinajstić information content (AvgIpc) is 2.40. The fourth-order valence-electron chi connectivity index (χ4n) is 2.64. The summed E-state index contributed by atoms with van der Waals surface area (Å²) in [5, 5.41) is 0.906. The first-order valence-electron chi connectivity index (χ1n) is 7.35. The molecule has 0 saturated carbocycles. The molecule has 0 aliphatic carbocycles. The minimum atomic E-state index is 0.862. The Morgan fingerprint density at radius 1 is 1.19 bits per heavy atom. The molecule has 1 fully saturated rings. The van der Waals surface area contributed by atoms with Gasteiger partial charge >= 0.3 is 0 Å². The van der Waals surface area contributed by atoms with Gasteiger partial charge in [0.15, 0.2) is 5.11 Å². The molecule has 1 aromatic carbocycles. The highest BCUT2D eigenvalue weighted by molar-refractivity contribution is 7.80. The van der Waals surface area contributed by atoms with Crippen molar-refractivity contribution in [3.8, 4) is 0 Å². The van der Waals surface area contributed by atoms with E-state index in [1.807, 2.05) is 0 Å². The van der Waals surface area contributed by atoms with Gasteiger partial charge in [0.2, 0.25) is 0 Å². The Bertz CT molecular complexity index is 515. The molecule has 1 saturated heterocycles. The van der Waals surface area contributed by atoms with Crippen LogP contribution in [-0.4, -0.2) is 67.4 Å². The molecule has 4 nitrogen and oxygen atoms in total. The first-order valence-corrected chi connectivity index (χ1v) is 7.76. The molecule has 0 radical (unpaired) electrons. The number of anilines is 1. The maximum Gasteiger partial charge on any atom is 0.178 e. The summed E-state index contributed by atoms with van der Waals surface area (Å²) < 4.78 is 0. The van der Waals surface area contributed by atoms with Gasteiger partial charge in [-0.2, -0.15) is 0 Å². The van der Waals surface area contributed by atoms with Crippen LogP contribution in [-0.2, 0) is 0 Å². The number of aryl methyl sites for hydroxylation is 2. The zero-order valence-corrected chi connectivity index (χ0v) is 14.6. The predicted molar refractivity (Wildman–Crippen MR) is 93.8 cm³/mol. The van der Waals surface area contributed by atoms with E-state index in [2.05, 4.69) is 72.8 Å². The van der Waals surface area contributed by atoms with Crippen molar-refractivity contribution in [1.29, 1.82) is 0 Å². The minimum Gasteiger partial charge on any atom is -0.339 e. The Morgan fingerprint density at radius 3 is 2.52 bits per heavy atom. The second-order valence-corrected chi connectivity index (χ2v) is 6.54. The number of hydrogen-bond acceptors (Lipinski definition) is 3. The SMILES string of the molecule is Cc1ccc(N2CN(CCN(C)C)CN(C)C2=S)c(C)c1. The number of hydrogen-bond donors (Lipinski definition) is 0. The van der Waals surface area contributed by atoms with E-state index in [0.717, 1.165) is 31.5 Å². The summed E-state index contributed by atoms with van der Waals surface area (Å²) in [6.07, 6.45) is 0. The summed E-state index contributed by atoms with van der Waals surface area (Å²) in [7, 11) is 6.29. The standard InChI is InChI=1S/C16H26N4S/c1-13-6-7-15(14(2)10-13)20-12-19(9-8-17(3)4)11-18(5)16(20)21/h6-7,10H,8-9,11-12H2,1-5H3. The first-order chi connectivity index (χ1) is 9.88. The largest absolute Gasteiger partial charge is 0.339 e. The van der Waals surface area contributed by atoms with Crippen molar-refractivity contribution in [3.63, 3.8) is 0 Å². The molecule has 0 atom stereocenters. The molecular formula is C16H26N4S. The van der Waals surface area contributed by atoms with Crippen LogP contribution in [0.4, 0.5) is 5.69 Å². The second-order valence-electron chi connectivity index (χ2n) is 6.18. The van der Waals surface area contributed by atoms with E-state index >= 15 is 0 Å². The summed E-state index contributed by atoms with van der Waals surface area (Å²) in [6, 6.07) is 6.56. The van der Waals surface area contributed by atoms with Crippen molar-refractivity contribution < 1.29 is 0 Å². The van der Waals surface area contributed by atoms with Gasteiger partial charge in [0, 0.05) is 25.8 Å². The highest BCUT2D eigenvalue weighted by atomic mass is 32.1. The molecule has 0 unspecified atom stereocenters. The Balaban J connectivity index is 2.18. The lowest BCUT2D eigenvalue weighted by Crippen LogP contribution is -2.57. The smallest absolute Gasteiger partial charge is 0.178 e. The van der Waals surface area contributed by atoms with Gasteiger partial charge in [-0.3, -0.25) is 4.90 Å². The van der Waals surface area contributed by atoms with Gasteiger partial charge in [-0.1, -0.05) is 17.7 Å². The topological polar surface area (TPSA) is 13.0 Å². The molecule has 21 heavy (non-hydrogen) atoms. The monoisotopic (exact) mass is 306 g/mol. The highest BCUT2D eigenvalue weighted by Gasteiger charge is 2.26. The van der Waals surface area contributed by atoms with Crippen molar-refractivity contribution in [3.05, 3.63) is 29.3 Å². The Morgan fingerprint density at radius 2 is 1.90 bits per heavy atom. The molecule has 1 aliphatic rings. The minimum absolute atomic E-state index is 0.862. The van der Waals surface area contributed by atoms with E-state index in [1.54, 1.807) is 0 Å². The molecule has 0 N–H and O–H groups in total. The van der Waals surface area contributed by atoms with Crippen LogP contribution >= 0.6 is 12.2 Å². The number of nitrogens with zero attached hydrogens (tertiary/aromatic N) is 4. The number of likely N-dealkylation sites (N-methyl/N-ethyl adjacent to an activating group) is 1. The van der Waals surface area contributed by atoms with E-state index in [-0.39, 0.29) is 0 Å². The molecule has 1 heterocycles. The quantitative estimate of drug-likeness (QED) is 0.788. The van der Waals surface area contributed by atoms with Crippen LogP contribution in [0.2, 0.25) is 0 Å². The molecule has 2 rings (SSSR count). The van der Waals surface area contributed by atoms with Crippen LogP contribution < -0.4 is 4.90 Å². The van der Waals surface area contributed by atoms with Crippen LogP contribution in [0.5, 0.6) is 0 Å². The summed E-state index contributed by atoms with van der Waals surface area (Å²) in [5.74, 6) is 0. The van der Waals surface area contributed by atoms with Gasteiger partial charge in [0.05, 0.1) is 13.3 Å². The molecular weight excluding hydrogens is 280 g/mol. The van der Waals surface area contributed by atoms with Crippen LogP contribution in [0.1, 0.15) is 11.1 Å². The molecule has 116 valence electrons. The molecule has 0 spiro atoms. The fraction of sp³-hybridized carbons (Fsp3) is 0.562. The van der Waals surface area contributed by atoms with Gasteiger partial charge in [-0.25, -0.2) is 0 Å². The van der Waals surface area contributed by atoms with E-state index in [1.165, 1.54) is 16.8 Å². The third-order valence-corrected chi connectivity index (χ3v) is 4.35. The van der Waals surface area contributed by atoms with Crippen molar-refractivity contribution in [2.75, 3.05) is 52.5 Å². The Hall–Kier alpha value is -1.17. The number of benzene rings is 1. The van der Waals surface area contributed by atoms with Gasteiger partial charge in [-0.05, 0) is 51.8 Å². The van der Waals surface area contributed by atoms with Crippen molar-refractivity contribution in [2.24, 2.45) is 0 Å². The average molecular weight is 306 g/mol. The zero-order valence-electron chi connectivity index (χ0n) is 13.8. The maximum atomic E-state index is 5.63. The van der Waals surface area contributed by atoms with Gasteiger partial charge in [-0.15, -0.1) is 0 Å². The Kier molecular flexibility index (Phi) is 5.19. The molecule has 5 heteroatoms. The number of rotatable bonds is 4. The van der Waals surface area contributed by atoms with Crippen molar-refractivity contribution >= 4 is 23.0 Å². The lowest BCUT2D eigenvalue weighted by molar-refractivity contribution is 0.171. The van der Waals surface area contributed by atoms with E-state index < -0.39 is 0 Å². The second kappa shape index (κ2) is 6.73. The third-order valence-electron chi connectivity index (χ3n) is 3.82. The molecule has 0 aromatic heterocycles. The van der Waals surface area contributed by atoms with E-state index in [9.17, 15) is 0 Å². The van der Waals surface area contributed by atoms with Crippen molar-refractivity contribution in [1.82, 2.24) is 14.7 Å². The summed E-state index contributed by atoms with van der Waals surface area (Å²) in [6.45, 7) is 8.14. The van der Waals surface area contributed by atoms with Gasteiger partial charge in [0.1, 0.15) is 0 Å². The maximum absolute atomic E-state index is 5.63. The first kappa shape index (κ1) is 16.2. The predicted octanol–water partition coefficient (Wildman–Crippen LogP) is 2.12. The van der Waals surface area contributed by atoms with Crippen LogP contribution in [0, 0.1) is 13.8 Å². The van der Waals surface area contributed by atoms with E-state index in [0.29, 0.717) is 0 Å². The lowest BCUT2D eigenvalue weighted by Gasteiger charge is -2.43. The summed E-state index contributed by atoms with van der Waals surface area (Å²) >= 11 is 5.63. The van der Waals surface area contributed by atoms with Crippen molar-refractivity contribution in [2.45, 2.75) is 13.8 Å². The van der Waals surface area contributed by atoms with Gasteiger partial charge in [0.25, 0.3) is 0 Å². The van der Waals surface area contributed by atoms with Crippen LogP contribution in [0.15, 0.2) is 18.2 Å².